The standard InChI is InChI=1S/C13H8OS/c14-11-4-2-1-3-9-5-6-10-7-8-15-13(10)12(9)11/h1-8H. The van der Waals surface area contributed by atoms with E-state index in [0.717, 1.165) is 20.9 Å². The molecular weight excluding hydrogens is 204 g/mol. The second-order valence-electron chi connectivity index (χ2n) is 3.45. The highest BCUT2D eigenvalue weighted by molar-refractivity contribution is 7.18. The van der Waals surface area contributed by atoms with E-state index in [1.165, 1.54) is 0 Å². The van der Waals surface area contributed by atoms with Crippen LogP contribution >= 0.6 is 11.3 Å². The van der Waals surface area contributed by atoms with Gasteiger partial charge in [-0.15, -0.1) is 11.3 Å². The second-order valence-corrected chi connectivity index (χ2v) is 4.37. The summed E-state index contributed by atoms with van der Waals surface area (Å²) in [5.41, 5.74) is 0.100. The van der Waals surface area contributed by atoms with Crippen LogP contribution in [0.4, 0.5) is 0 Å². The highest BCUT2D eigenvalue weighted by Crippen LogP contribution is 2.26. The molecule has 1 nitrogen and oxygen atoms in total. The van der Waals surface area contributed by atoms with Crippen LogP contribution in [0.15, 0.2) is 52.6 Å². The molecule has 3 rings (SSSR count). The molecule has 1 heterocycles. The van der Waals surface area contributed by atoms with Crippen LogP contribution in [0.2, 0.25) is 0 Å². The van der Waals surface area contributed by atoms with Crippen LogP contribution in [0.3, 0.4) is 0 Å². The van der Waals surface area contributed by atoms with E-state index in [0.29, 0.717) is 0 Å². The van der Waals surface area contributed by atoms with E-state index in [9.17, 15) is 4.79 Å². The van der Waals surface area contributed by atoms with Gasteiger partial charge in [-0.05, 0) is 28.3 Å². The smallest absolute Gasteiger partial charge is 0.187 e. The van der Waals surface area contributed by atoms with E-state index in [2.05, 4.69) is 6.07 Å². The van der Waals surface area contributed by atoms with Crippen LogP contribution in [0.1, 0.15) is 0 Å². The maximum absolute atomic E-state index is 11.9. The minimum absolute atomic E-state index is 0.100. The number of rotatable bonds is 0. The Morgan fingerprint density at radius 1 is 0.867 bits per heavy atom. The van der Waals surface area contributed by atoms with Crippen molar-refractivity contribution in [1.82, 2.24) is 0 Å². The van der Waals surface area contributed by atoms with Crippen molar-refractivity contribution in [2.24, 2.45) is 0 Å². The highest BCUT2D eigenvalue weighted by Gasteiger charge is 2.02. The molecule has 0 spiro atoms. The number of thiophene rings is 1. The van der Waals surface area contributed by atoms with Crippen molar-refractivity contribution in [2.75, 3.05) is 0 Å². The zero-order chi connectivity index (χ0) is 10.3. The molecule has 0 saturated carbocycles. The molecule has 0 bridgehead atoms. The summed E-state index contributed by atoms with van der Waals surface area (Å²) in [5.74, 6) is 0. The van der Waals surface area contributed by atoms with E-state index < -0.39 is 0 Å². The Hall–Kier alpha value is -1.67. The fourth-order valence-corrected chi connectivity index (χ4v) is 2.79. The van der Waals surface area contributed by atoms with Gasteiger partial charge in [-0.25, -0.2) is 0 Å². The summed E-state index contributed by atoms with van der Waals surface area (Å²) in [4.78, 5) is 11.9. The molecule has 2 heteroatoms. The Kier molecular flexibility index (Phi) is 1.82. The molecule has 0 unspecified atom stereocenters. The van der Waals surface area contributed by atoms with Crippen LogP contribution in [0, 0.1) is 0 Å². The van der Waals surface area contributed by atoms with Gasteiger partial charge >= 0.3 is 0 Å². The Labute approximate surface area is 90.6 Å². The number of fused-ring (bicyclic) bond motifs is 3. The third kappa shape index (κ3) is 1.26. The van der Waals surface area contributed by atoms with Crippen LogP contribution in [-0.2, 0) is 0 Å². The molecule has 0 N–H and O–H groups in total. The lowest BCUT2D eigenvalue weighted by molar-refractivity contribution is 1.76. The number of benzene rings is 1. The lowest BCUT2D eigenvalue weighted by atomic mass is 10.1. The molecule has 1 aromatic heterocycles. The Balaban J connectivity index is 2.74. The van der Waals surface area contributed by atoms with Gasteiger partial charge in [-0.1, -0.05) is 30.3 Å². The molecule has 0 aliphatic heterocycles. The molecule has 0 radical (unpaired) electrons. The summed E-state index contributed by atoms with van der Waals surface area (Å²) >= 11 is 1.63. The van der Waals surface area contributed by atoms with Crippen molar-refractivity contribution in [3.05, 3.63) is 58.1 Å². The molecule has 15 heavy (non-hydrogen) atoms. The fourth-order valence-electron chi connectivity index (χ4n) is 1.83. The van der Waals surface area contributed by atoms with E-state index in [1.807, 2.05) is 29.6 Å². The minimum Gasteiger partial charge on any atom is -0.289 e. The lowest BCUT2D eigenvalue weighted by Crippen LogP contribution is -1.94. The summed E-state index contributed by atoms with van der Waals surface area (Å²) in [5, 5.41) is 5.03. The topological polar surface area (TPSA) is 17.1 Å². The second kappa shape index (κ2) is 3.17. The predicted molar refractivity (Wildman–Crippen MR) is 65.6 cm³/mol. The van der Waals surface area contributed by atoms with Crippen LogP contribution in [0.5, 0.6) is 0 Å². The molecule has 3 aromatic rings. The first-order valence-electron chi connectivity index (χ1n) is 4.75. The van der Waals surface area contributed by atoms with Crippen LogP contribution in [-0.4, -0.2) is 0 Å². The third-order valence-electron chi connectivity index (χ3n) is 2.53. The average molecular weight is 212 g/mol. The van der Waals surface area contributed by atoms with Gasteiger partial charge in [0.15, 0.2) is 5.43 Å². The lowest BCUT2D eigenvalue weighted by Gasteiger charge is -1.93. The van der Waals surface area contributed by atoms with Gasteiger partial charge in [0.2, 0.25) is 0 Å². The molecule has 0 amide bonds. The minimum atomic E-state index is 0.100. The van der Waals surface area contributed by atoms with Gasteiger partial charge in [-0.2, -0.15) is 0 Å². The molecule has 0 fully saturated rings. The summed E-state index contributed by atoms with van der Waals surface area (Å²) in [6.07, 6.45) is 0. The molecule has 0 aliphatic rings. The first kappa shape index (κ1) is 8.62. The van der Waals surface area contributed by atoms with E-state index in [4.69, 9.17) is 0 Å². The van der Waals surface area contributed by atoms with Gasteiger partial charge in [0, 0.05) is 10.1 Å². The van der Waals surface area contributed by atoms with Crippen LogP contribution < -0.4 is 5.43 Å². The third-order valence-corrected chi connectivity index (χ3v) is 3.48. The average Bonchev–Trinajstić information content (AvgIpc) is 2.63. The van der Waals surface area contributed by atoms with Gasteiger partial charge in [-0.3, -0.25) is 4.79 Å². The van der Waals surface area contributed by atoms with E-state index >= 15 is 0 Å². The zero-order valence-electron chi connectivity index (χ0n) is 7.94. The van der Waals surface area contributed by atoms with Crippen molar-refractivity contribution in [3.63, 3.8) is 0 Å². The van der Waals surface area contributed by atoms with E-state index in [1.54, 1.807) is 23.5 Å². The molecule has 2 aromatic carbocycles. The summed E-state index contributed by atoms with van der Waals surface area (Å²) in [6, 6.07) is 13.4. The van der Waals surface area contributed by atoms with Crippen molar-refractivity contribution >= 4 is 32.2 Å². The largest absolute Gasteiger partial charge is 0.289 e. The SMILES string of the molecule is O=c1ccccc2ccc3ccsc3c12. The van der Waals surface area contributed by atoms with Crippen molar-refractivity contribution in [2.45, 2.75) is 0 Å². The zero-order valence-corrected chi connectivity index (χ0v) is 8.75. The molecule has 0 saturated heterocycles. The fraction of sp³-hybridized carbons (Fsp3) is 0. The molecular formula is C13H8OS. The normalized spacial score (nSPS) is 10.9. The predicted octanol–water partition coefficient (Wildman–Crippen LogP) is 3.41. The molecule has 72 valence electrons. The maximum atomic E-state index is 11.9. The monoisotopic (exact) mass is 212 g/mol. The first-order valence-corrected chi connectivity index (χ1v) is 5.63. The summed E-state index contributed by atoms with van der Waals surface area (Å²) in [7, 11) is 0. The molecule has 0 atom stereocenters. The Bertz CT molecular complexity index is 697. The van der Waals surface area contributed by atoms with Gasteiger partial charge in [0.05, 0.1) is 0 Å². The first-order chi connectivity index (χ1) is 7.36. The quantitative estimate of drug-likeness (QED) is 0.558. The highest BCUT2D eigenvalue weighted by atomic mass is 32.1. The number of hydrogen-bond acceptors (Lipinski definition) is 2. The maximum Gasteiger partial charge on any atom is 0.187 e. The number of hydrogen-bond donors (Lipinski definition) is 0. The van der Waals surface area contributed by atoms with Crippen molar-refractivity contribution in [3.8, 4) is 0 Å². The van der Waals surface area contributed by atoms with Crippen molar-refractivity contribution in [1.29, 1.82) is 0 Å². The van der Waals surface area contributed by atoms with Gasteiger partial charge in [0.1, 0.15) is 0 Å². The summed E-state index contributed by atoms with van der Waals surface area (Å²) in [6.45, 7) is 0. The van der Waals surface area contributed by atoms with E-state index in [-0.39, 0.29) is 5.43 Å². The van der Waals surface area contributed by atoms with Crippen LogP contribution in [0.25, 0.3) is 20.9 Å². The van der Waals surface area contributed by atoms with Crippen molar-refractivity contribution < 1.29 is 0 Å². The Morgan fingerprint density at radius 2 is 1.67 bits per heavy atom. The molecule has 0 aliphatic carbocycles. The van der Waals surface area contributed by atoms with Gasteiger partial charge in [0.25, 0.3) is 0 Å². The summed E-state index contributed by atoms with van der Waals surface area (Å²) < 4.78 is 1.09. The van der Waals surface area contributed by atoms with Gasteiger partial charge < -0.3 is 0 Å². The Morgan fingerprint density at radius 3 is 2.60 bits per heavy atom.